The van der Waals surface area contributed by atoms with Crippen LogP contribution < -0.4 is 17.7 Å². The van der Waals surface area contributed by atoms with E-state index in [-0.39, 0.29) is 34.4 Å². The Bertz CT molecular complexity index is 1800. The average Bonchev–Trinajstić information content (AvgIpc) is 3.21. The molecular weight excluding hydrogens is 802 g/mol. The zero-order chi connectivity index (χ0) is 45.0. The standard InChI is InChI=1S/C42H65N3O16/c1-37(2)21-8-11-42(7)31(20(46)16-18-19-17-39(4,36(54)61-45)13-12-38(19,3)14-15-41(18,42)6)40(21,5)10-9-22(37)55-35-30(26(50)25(49)29(57-35)33(53)60-44)58-34-27(51)23(47)24(48)28(56-34)32(52)59-43/h16,19,21-31,34-35,47-51H,8-15,17,43-45H2,1-7H3/t19-,21-,22-,23-,24-,25-,26-,27+,28-,29-,30+,31+,34-,35-,38+,39-,40-,41+,42+/m0/s1. The lowest BCUT2D eigenvalue weighted by Gasteiger charge is -2.70. The summed E-state index contributed by atoms with van der Waals surface area (Å²) in [4.78, 5) is 66.2. The third-order valence-corrected chi connectivity index (χ3v) is 17.5. The minimum absolute atomic E-state index is 0.00524. The summed E-state index contributed by atoms with van der Waals surface area (Å²) in [5, 5.41) is 54.2. The molecule has 0 spiro atoms. The first-order valence-electron chi connectivity index (χ1n) is 21.4. The first-order valence-corrected chi connectivity index (χ1v) is 21.4. The van der Waals surface area contributed by atoms with Gasteiger partial charge in [-0.15, -0.1) is 0 Å². The Balaban J connectivity index is 1.18. The van der Waals surface area contributed by atoms with Crippen LogP contribution in [0.1, 0.15) is 106 Å². The molecule has 19 heteroatoms. The molecule has 2 saturated heterocycles. The minimum atomic E-state index is -2.01. The summed E-state index contributed by atoms with van der Waals surface area (Å²) in [6.45, 7) is 15.0. The van der Waals surface area contributed by atoms with Crippen molar-refractivity contribution >= 4 is 23.7 Å². The SMILES string of the molecule is CC1(C)[C@@H](O[C@H]2O[C@H](C(=O)ON)[C@@H](O)[C@H](O)[C@H]2O[C@@H]2O[C@H](C(=O)ON)[C@@H](O)[C@H](O)[C@H]2O)CC[C@]2(C)[C@H]3C(=O)C=C4[C@@H]5C[C@@](C)(C(=O)ON)CC[C@]5(C)CC[C@@]4(C)[C@]3(C)CC[C@@H]12. The number of fused-ring (bicyclic) bond motifs is 7. The quantitative estimate of drug-likeness (QED) is 0.126. The predicted octanol–water partition coefficient (Wildman–Crippen LogP) is 0.243. The summed E-state index contributed by atoms with van der Waals surface area (Å²) in [5.74, 6) is 12.2. The highest BCUT2D eigenvalue weighted by atomic mass is 16.8. The third-order valence-electron chi connectivity index (χ3n) is 17.5. The molecule has 0 amide bonds. The summed E-state index contributed by atoms with van der Waals surface area (Å²) in [5.41, 5.74) is -1.64. The van der Waals surface area contributed by atoms with Crippen molar-refractivity contribution < 1.29 is 78.2 Å². The smallest absolute Gasteiger partial charge is 0.356 e. The Kier molecular flexibility index (Phi) is 12.0. The van der Waals surface area contributed by atoms with Crippen molar-refractivity contribution in [1.82, 2.24) is 0 Å². The summed E-state index contributed by atoms with van der Waals surface area (Å²) < 4.78 is 23.9. The summed E-state index contributed by atoms with van der Waals surface area (Å²) >= 11 is 0. The Labute approximate surface area is 354 Å². The molecule has 0 bridgehead atoms. The van der Waals surface area contributed by atoms with E-state index in [9.17, 15) is 44.7 Å². The monoisotopic (exact) mass is 867 g/mol. The van der Waals surface area contributed by atoms with Gasteiger partial charge in [-0.3, -0.25) is 4.79 Å². The summed E-state index contributed by atoms with van der Waals surface area (Å²) in [6.07, 6.45) is -11.5. The van der Waals surface area contributed by atoms with Crippen molar-refractivity contribution in [3.63, 3.8) is 0 Å². The largest absolute Gasteiger partial charge is 0.387 e. The molecule has 61 heavy (non-hydrogen) atoms. The Morgan fingerprint density at radius 3 is 1.89 bits per heavy atom. The van der Waals surface area contributed by atoms with Crippen LogP contribution in [0.15, 0.2) is 11.6 Å². The van der Waals surface area contributed by atoms with Gasteiger partial charge in [0.2, 0.25) is 0 Å². The fourth-order valence-electron chi connectivity index (χ4n) is 13.6. The van der Waals surface area contributed by atoms with Gasteiger partial charge in [0.05, 0.1) is 11.5 Å². The number of rotatable bonds is 7. The van der Waals surface area contributed by atoms with Gasteiger partial charge >= 0.3 is 17.9 Å². The van der Waals surface area contributed by atoms with E-state index in [0.717, 1.165) is 37.7 Å². The van der Waals surface area contributed by atoms with Gasteiger partial charge < -0.3 is 59.0 Å². The van der Waals surface area contributed by atoms with Crippen LogP contribution in [0.4, 0.5) is 0 Å². The highest BCUT2D eigenvalue weighted by molar-refractivity contribution is 5.95. The zero-order valence-electron chi connectivity index (χ0n) is 36.0. The number of aliphatic hydroxyl groups is 5. The lowest BCUT2D eigenvalue weighted by molar-refractivity contribution is -0.372. The zero-order valence-corrected chi connectivity index (χ0v) is 36.0. The maximum atomic E-state index is 14.9. The van der Waals surface area contributed by atoms with Crippen LogP contribution in [0.3, 0.4) is 0 Å². The van der Waals surface area contributed by atoms with Crippen LogP contribution in [0.5, 0.6) is 0 Å². The molecule has 4 saturated carbocycles. The van der Waals surface area contributed by atoms with Crippen molar-refractivity contribution in [2.75, 3.05) is 0 Å². The fourth-order valence-corrected chi connectivity index (χ4v) is 13.6. The molecule has 7 aliphatic rings. The van der Waals surface area contributed by atoms with Crippen molar-refractivity contribution in [3.05, 3.63) is 11.6 Å². The van der Waals surface area contributed by atoms with E-state index in [1.165, 1.54) is 0 Å². The number of hydrogen-bond donors (Lipinski definition) is 8. The van der Waals surface area contributed by atoms with Crippen LogP contribution >= 0.6 is 0 Å². The molecular formula is C42H65N3O16. The molecule has 19 atom stereocenters. The van der Waals surface area contributed by atoms with Crippen LogP contribution in [0.25, 0.3) is 0 Å². The second kappa shape index (κ2) is 15.8. The molecule has 0 unspecified atom stereocenters. The van der Waals surface area contributed by atoms with Crippen LogP contribution in [0.2, 0.25) is 0 Å². The topological polar surface area (TPSA) is 312 Å². The molecule has 19 nitrogen and oxygen atoms in total. The molecule has 0 aromatic rings. The number of carbonyl (C=O) groups excluding carboxylic acids is 4. The lowest BCUT2D eigenvalue weighted by Crippen LogP contribution is -2.68. The molecule has 0 aromatic carbocycles. The number of carbonyl (C=O) groups is 4. The van der Waals surface area contributed by atoms with E-state index in [4.69, 9.17) is 41.5 Å². The van der Waals surface area contributed by atoms with Gasteiger partial charge in [-0.2, -0.15) is 17.7 Å². The number of nitrogens with two attached hydrogens (primary N) is 3. The Hall–Kier alpha value is -2.66. The molecule has 2 aliphatic heterocycles. The lowest BCUT2D eigenvalue weighted by atomic mass is 9.33. The summed E-state index contributed by atoms with van der Waals surface area (Å²) in [6, 6.07) is 0. The predicted molar refractivity (Wildman–Crippen MR) is 207 cm³/mol. The maximum Gasteiger partial charge on any atom is 0.356 e. The van der Waals surface area contributed by atoms with Gasteiger partial charge in [-0.1, -0.05) is 47.1 Å². The van der Waals surface area contributed by atoms with E-state index in [1.54, 1.807) is 0 Å². The van der Waals surface area contributed by atoms with Crippen LogP contribution in [-0.4, -0.2) is 117 Å². The second-order valence-electron chi connectivity index (χ2n) is 20.9. The van der Waals surface area contributed by atoms with Crippen molar-refractivity contribution in [2.45, 2.75) is 174 Å². The Morgan fingerprint density at radius 2 is 1.28 bits per heavy atom. The van der Waals surface area contributed by atoms with Gasteiger partial charge in [0.25, 0.3) is 0 Å². The van der Waals surface area contributed by atoms with Crippen LogP contribution in [-0.2, 0) is 52.6 Å². The van der Waals surface area contributed by atoms with Gasteiger partial charge in [0.15, 0.2) is 30.6 Å². The minimum Gasteiger partial charge on any atom is -0.387 e. The number of aliphatic hydroxyl groups excluding tert-OH is 5. The summed E-state index contributed by atoms with van der Waals surface area (Å²) in [7, 11) is 0. The molecule has 7 rings (SSSR count). The molecule has 0 radical (unpaired) electrons. The van der Waals surface area contributed by atoms with E-state index in [0.29, 0.717) is 25.7 Å². The molecule has 5 aliphatic carbocycles. The Morgan fingerprint density at radius 1 is 0.689 bits per heavy atom. The van der Waals surface area contributed by atoms with Crippen molar-refractivity contribution in [2.24, 2.45) is 67.9 Å². The second-order valence-corrected chi connectivity index (χ2v) is 20.9. The third kappa shape index (κ3) is 6.92. The molecule has 344 valence electrons. The van der Waals surface area contributed by atoms with Gasteiger partial charge in [-0.25, -0.2) is 14.4 Å². The average molecular weight is 868 g/mol. The fraction of sp³-hybridized carbons (Fsp3) is 0.857. The van der Waals surface area contributed by atoms with E-state index in [2.05, 4.69) is 37.4 Å². The van der Waals surface area contributed by atoms with Crippen molar-refractivity contribution in [3.8, 4) is 0 Å². The van der Waals surface area contributed by atoms with E-state index >= 15 is 0 Å². The van der Waals surface area contributed by atoms with E-state index in [1.807, 2.05) is 26.8 Å². The number of ether oxygens (including phenoxy) is 4. The first kappa shape index (κ1) is 46.3. The number of allylic oxidation sites excluding steroid dienone is 2. The molecule has 6 fully saturated rings. The van der Waals surface area contributed by atoms with Crippen molar-refractivity contribution in [1.29, 1.82) is 0 Å². The van der Waals surface area contributed by atoms with Gasteiger partial charge in [0.1, 0.15) is 36.6 Å². The van der Waals surface area contributed by atoms with E-state index < -0.39 is 107 Å². The number of hydrogen-bond acceptors (Lipinski definition) is 19. The molecule has 0 aromatic heterocycles. The van der Waals surface area contributed by atoms with Gasteiger partial charge in [0, 0.05) is 5.92 Å². The molecule has 11 N–H and O–H groups in total. The highest BCUT2D eigenvalue weighted by Crippen LogP contribution is 2.75. The number of ketones is 1. The molecule has 2 heterocycles. The highest BCUT2D eigenvalue weighted by Gasteiger charge is 2.71. The maximum absolute atomic E-state index is 14.9. The van der Waals surface area contributed by atoms with Crippen LogP contribution in [0, 0.1) is 50.2 Å². The normalized spacial score (nSPS) is 50.4. The van der Waals surface area contributed by atoms with Gasteiger partial charge in [-0.05, 0) is 110 Å². The first-order chi connectivity index (χ1) is 28.4.